The SMILES string of the molecule is c1ccc(-c2ccc(-c3nc(-c4ccc5c(c4)C(c4ccccc4)(c4ccccc4)c4ccccc4-5)cc(-c4cc5ccccc5s4)n3)cc2)cc1.c1ccc(-c2nc(-c3ccc(-c4cc5ccccc5o4)cc3)nc(-c3ccc4oc5ccccc5c4c3)n2)cc1.c1ccc(-c2nc(-c3ccc(-c4cc5ccccc5o4)cc3)nc(-c3cccc4c3oc3ccccc34)n2)cc1. The van der Waals surface area contributed by atoms with Crippen molar-refractivity contribution < 1.29 is 17.7 Å². The highest BCUT2D eigenvalue weighted by Gasteiger charge is 2.46. The van der Waals surface area contributed by atoms with Crippen LogP contribution >= 0.6 is 11.3 Å². The molecule has 0 N–H and O–H groups in total. The van der Waals surface area contributed by atoms with E-state index >= 15 is 0 Å². The molecule has 0 saturated carbocycles. The molecule has 17 aromatic carbocycles. The van der Waals surface area contributed by atoms with Crippen LogP contribution in [0.25, 0.3) is 222 Å². The first-order valence-corrected chi connectivity index (χ1v) is 44.7. The minimum Gasteiger partial charge on any atom is -0.456 e. The van der Waals surface area contributed by atoms with Gasteiger partial charge >= 0.3 is 0 Å². The molecule has 0 spiro atoms. The molecule has 12 nitrogen and oxygen atoms in total. The number of nitrogens with zero attached hydrogens (tertiary/aromatic N) is 8. The Morgan fingerprint density at radius 2 is 0.583 bits per heavy atom. The van der Waals surface area contributed by atoms with Crippen molar-refractivity contribution in [1.29, 1.82) is 0 Å². The number of thiophene rings is 1. The molecule has 26 rings (SSSR count). The van der Waals surface area contributed by atoms with Gasteiger partial charge in [-0.25, -0.2) is 39.9 Å². The summed E-state index contributed by atoms with van der Waals surface area (Å²) in [6.07, 6.45) is 0. The summed E-state index contributed by atoms with van der Waals surface area (Å²) in [4.78, 5) is 41.1. The molecular weight excluding hydrogens is 1640 g/mol. The van der Waals surface area contributed by atoms with E-state index in [1.54, 1.807) is 11.3 Å². The Labute approximate surface area is 762 Å². The largest absolute Gasteiger partial charge is 0.456 e. The number of benzene rings is 17. The molecule has 0 amide bonds. The molecule has 0 radical (unpaired) electrons. The van der Waals surface area contributed by atoms with Gasteiger partial charge in [0.05, 0.1) is 27.2 Å². The van der Waals surface area contributed by atoms with E-state index < -0.39 is 5.41 Å². The van der Waals surface area contributed by atoms with Crippen molar-refractivity contribution in [2.75, 3.05) is 0 Å². The van der Waals surface area contributed by atoms with E-state index in [2.05, 4.69) is 237 Å². The second kappa shape index (κ2) is 33.4. The number of furan rings is 4. The van der Waals surface area contributed by atoms with Gasteiger partial charge in [0.1, 0.15) is 45.0 Å². The van der Waals surface area contributed by atoms with Crippen molar-refractivity contribution in [1.82, 2.24) is 39.9 Å². The summed E-state index contributed by atoms with van der Waals surface area (Å²) in [5, 5.41) is 7.59. The van der Waals surface area contributed by atoms with E-state index in [1.165, 1.54) is 54.6 Å². The van der Waals surface area contributed by atoms with Crippen molar-refractivity contribution in [3.8, 4) is 146 Å². The standard InChI is InChI=1S/C49H32N2S.2C35H21N3O2/c1-4-14-33(15-5-1)34-24-26-35(27-25-34)48-50-44(32-45(51-48)47-31-37-16-10-13-23-46(37)52-47)36-28-29-41-40-21-11-12-22-42(40)49(43(41)30-36,38-17-6-2-7-18-38)39-19-8-3-9-20-39;1-2-9-23(10-3-1)33-36-34(24-19-17-22(18-20-24)31-21-25-11-4-6-15-29(25)39-31)38-35(37-33)28-14-8-13-27-26-12-5-7-16-30(26)40-32(27)28;1-2-8-23(9-3-1)33-36-34(24-16-14-22(15-17-24)32-21-25-10-4-6-12-29(25)39-32)38-35(37-33)26-18-19-31-28(20-26)27-11-5-7-13-30(27)40-31/h1-32H;2*1-21H. The highest BCUT2D eigenvalue weighted by molar-refractivity contribution is 7.22. The molecule has 1 aliphatic carbocycles. The molecule has 8 aromatic heterocycles. The van der Waals surface area contributed by atoms with E-state index in [0.717, 1.165) is 149 Å². The number of rotatable bonds is 14. The Balaban J connectivity index is 0.000000111. The number of fused-ring (bicyclic) bond motifs is 12. The maximum Gasteiger partial charge on any atom is 0.167 e. The third kappa shape index (κ3) is 14.5. The van der Waals surface area contributed by atoms with Gasteiger partial charge in [-0.3, -0.25) is 0 Å². The molecule has 0 fully saturated rings. The summed E-state index contributed by atoms with van der Waals surface area (Å²) in [6, 6.07) is 155. The first-order chi connectivity index (χ1) is 65.3. The zero-order chi connectivity index (χ0) is 87.4. The molecule has 8 heterocycles. The fourth-order valence-corrected chi connectivity index (χ4v) is 19.3. The van der Waals surface area contributed by atoms with Gasteiger partial charge in [-0.1, -0.05) is 364 Å². The van der Waals surface area contributed by atoms with Crippen LogP contribution in [-0.4, -0.2) is 39.9 Å². The van der Waals surface area contributed by atoms with Crippen LogP contribution in [0.1, 0.15) is 22.3 Å². The molecule has 132 heavy (non-hydrogen) atoms. The molecular formula is C119H74N8O4S. The van der Waals surface area contributed by atoms with E-state index in [1.807, 2.05) is 212 Å². The lowest BCUT2D eigenvalue weighted by Gasteiger charge is -2.34. The van der Waals surface area contributed by atoms with Crippen LogP contribution < -0.4 is 0 Å². The number of hydrogen-bond acceptors (Lipinski definition) is 13. The van der Waals surface area contributed by atoms with Gasteiger partial charge in [-0.05, 0) is 135 Å². The van der Waals surface area contributed by atoms with Crippen LogP contribution in [0.4, 0.5) is 0 Å². The molecule has 25 aromatic rings. The van der Waals surface area contributed by atoms with Gasteiger partial charge in [-0.15, -0.1) is 11.3 Å². The van der Waals surface area contributed by atoms with Crippen LogP contribution in [0.15, 0.2) is 467 Å². The number of para-hydroxylation sites is 5. The minimum atomic E-state index is -0.484. The molecule has 0 aliphatic heterocycles. The lowest BCUT2D eigenvalue weighted by Crippen LogP contribution is -2.28. The van der Waals surface area contributed by atoms with E-state index in [0.29, 0.717) is 40.8 Å². The summed E-state index contributed by atoms with van der Waals surface area (Å²) in [6.45, 7) is 0. The summed E-state index contributed by atoms with van der Waals surface area (Å²) >= 11 is 1.77. The second-order valence-electron chi connectivity index (χ2n) is 32.7. The zero-order valence-corrected chi connectivity index (χ0v) is 71.7. The fraction of sp³-hybridized carbons (Fsp3) is 0.00840. The number of aromatic nitrogens is 8. The monoisotopic (exact) mass is 1710 g/mol. The first kappa shape index (κ1) is 78.0. The predicted octanol–water partition coefficient (Wildman–Crippen LogP) is 31.1. The molecule has 620 valence electrons. The summed E-state index contributed by atoms with van der Waals surface area (Å²) in [5.74, 6) is 5.97. The van der Waals surface area contributed by atoms with Crippen LogP contribution in [0.2, 0.25) is 0 Å². The van der Waals surface area contributed by atoms with Crippen LogP contribution in [0.5, 0.6) is 0 Å². The lowest BCUT2D eigenvalue weighted by atomic mass is 9.67. The third-order valence-electron chi connectivity index (χ3n) is 24.7. The Kier molecular flexibility index (Phi) is 19.7. The van der Waals surface area contributed by atoms with Crippen LogP contribution in [-0.2, 0) is 5.41 Å². The zero-order valence-electron chi connectivity index (χ0n) is 70.8. The van der Waals surface area contributed by atoms with Crippen LogP contribution in [0.3, 0.4) is 0 Å². The predicted molar refractivity (Wildman–Crippen MR) is 534 cm³/mol. The first-order valence-electron chi connectivity index (χ1n) is 43.9. The maximum absolute atomic E-state index is 6.31. The molecule has 1 aliphatic rings. The molecule has 0 bridgehead atoms. The van der Waals surface area contributed by atoms with Crippen molar-refractivity contribution in [3.05, 3.63) is 471 Å². The van der Waals surface area contributed by atoms with E-state index in [9.17, 15) is 0 Å². The van der Waals surface area contributed by atoms with Crippen molar-refractivity contribution in [2.24, 2.45) is 0 Å². The third-order valence-corrected chi connectivity index (χ3v) is 25.9. The Morgan fingerprint density at radius 3 is 1.15 bits per heavy atom. The van der Waals surface area contributed by atoms with Crippen molar-refractivity contribution in [3.63, 3.8) is 0 Å². The topological polar surface area (TPSA) is 156 Å². The molecule has 0 saturated heterocycles. The number of hydrogen-bond donors (Lipinski definition) is 0. The molecule has 0 unspecified atom stereocenters. The average Bonchev–Trinajstić information content (AvgIpc) is 1.53. The fourth-order valence-electron chi connectivity index (χ4n) is 18.3. The lowest BCUT2D eigenvalue weighted by molar-refractivity contribution is 0.631. The molecule has 13 heteroatoms. The van der Waals surface area contributed by atoms with Crippen LogP contribution in [0, 0.1) is 0 Å². The Bertz CT molecular complexity index is 8490. The average molecular weight is 1710 g/mol. The van der Waals surface area contributed by atoms with Gasteiger partial charge in [0.2, 0.25) is 0 Å². The van der Waals surface area contributed by atoms with Gasteiger partial charge in [0.15, 0.2) is 40.8 Å². The summed E-state index contributed by atoms with van der Waals surface area (Å²) < 4.78 is 25.7. The van der Waals surface area contributed by atoms with Crippen molar-refractivity contribution >= 4 is 87.2 Å². The summed E-state index contributed by atoms with van der Waals surface area (Å²) in [5.41, 5.74) is 25.7. The summed E-state index contributed by atoms with van der Waals surface area (Å²) in [7, 11) is 0. The quantitative estimate of drug-likeness (QED) is 0.102. The Morgan fingerprint density at radius 1 is 0.197 bits per heavy atom. The van der Waals surface area contributed by atoms with Gasteiger partial charge < -0.3 is 17.7 Å². The van der Waals surface area contributed by atoms with E-state index in [-0.39, 0.29) is 0 Å². The van der Waals surface area contributed by atoms with E-state index in [4.69, 9.17) is 57.5 Å². The minimum absolute atomic E-state index is 0.484. The van der Waals surface area contributed by atoms with Crippen molar-refractivity contribution in [2.45, 2.75) is 5.41 Å². The highest BCUT2D eigenvalue weighted by atomic mass is 32.1. The second-order valence-corrected chi connectivity index (χ2v) is 33.8. The van der Waals surface area contributed by atoms with Gasteiger partial charge in [0, 0.05) is 87.1 Å². The maximum atomic E-state index is 6.31. The van der Waals surface area contributed by atoms with Gasteiger partial charge in [-0.2, -0.15) is 0 Å². The highest BCUT2D eigenvalue weighted by Crippen LogP contribution is 2.57. The van der Waals surface area contributed by atoms with Gasteiger partial charge in [0.25, 0.3) is 0 Å². The molecule has 0 atom stereocenters. The Hall–Kier alpha value is -17.5. The normalized spacial score (nSPS) is 12.0. The smallest absolute Gasteiger partial charge is 0.167 e.